The fourth-order valence-electron chi connectivity index (χ4n) is 2.31. The lowest BCUT2D eigenvalue weighted by Gasteiger charge is -2.24. The van der Waals surface area contributed by atoms with Gasteiger partial charge in [-0.25, -0.2) is 4.79 Å². The summed E-state index contributed by atoms with van der Waals surface area (Å²) in [5.41, 5.74) is 7.33. The van der Waals surface area contributed by atoms with Crippen molar-refractivity contribution in [2.24, 2.45) is 5.73 Å². The Morgan fingerprint density at radius 2 is 1.37 bits per heavy atom. The van der Waals surface area contributed by atoms with E-state index in [4.69, 9.17) is 10.5 Å². The number of ether oxygens (including phenoxy) is 1. The highest BCUT2D eigenvalue weighted by atomic mass is 16.6. The topological polar surface area (TPSA) is 52.3 Å². The summed E-state index contributed by atoms with van der Waals surface area (Å²) >= 11 is 0. The second-order valence-electron chi connectivity index (χ2n) is 4.44. The van der Waals surface area contributed by atoms with Crippen LogP contribution in [0.15, 0.2) is 60.7 Å². The van der Waals surface area contributed by atoms with Crippen LogP contribution < -0.4 is 5.73 Å². The molecule has 0 heterocycles. The molecule has 0 spiro atoms. The first-order chi connectivity index (χ1) is 9.18. The van der Waals surface area contributed by atoms with E-state index in [2.05, 4.69) is 0 Å². The summed E-state index contributed by atoms with van der Waals surface area (Å²) < 4.78 is 5.16. The molecular formula is C16H17NO2. The predicted octanol–water partition coefficient (Wildman–Crippen LogP) is 3.30. The Balaban J connectivity index is 2.37. The largest absolute Gasteiger partial charge is 0.446 e. The molecule has 2 N–H and O–H groups in total. The standard InChI is InChI=1S/C16H17NO2/c1-12(19-16(17)18)15(13-8-4-2-5-9-13)14-10-6-3-7-11-14/h2-12,15H,1H3,(H2,17,18). The van der Waals surface area contributed by atoms with Gasteiger partial charge in [0.1, 0.15) is 6.10 Å². The number of amides is 1. The highest BCUT2D eigenvalue weighted by Crippen LogP contribution is 2.29. The smallest absolute Gasteiger partial charge is 0.404 e. The third kappa shape index (κ3) is 3.35. The fraction of sp³-hybridized carbons (Fsp3) is 0.188. The van der Waals surface area contributed by atoms with Crippen LogP contribution in [0.5, 0.6) is 0 Å². The van der Waals surface area contributed by atoms with Crippen molar-refractivity contribution in [3.63, 3.8) is 0 Å². The Morgan fingerprint density at radius 3 is 1.74 bits per heavy atom. The number of rotatable bonds is 4. The Morgan fingerprint density at radius 1 is 0.947 bits per heavy atom. The van der Waals surface area contributed by atoms with Gasteiger partial charge in [-0.2, -0.15) is 0 Å². The molecule has 0 fully saturated rings. The van der Waals surface area contributed by atoms with Crippen molar-refractivity contribution >= 4 is 6.09 Å². The highest BCUT2D eigenvalue weighted by molar-refractivity contribution is 5.65. The Hall–Kier alpha value is -2.29. The van der Waals surface area contributed by atoms with E-state index in [0.29, 0.717) is 0 Å². The zero-order valence-corrected chi connectivity index (χ0v) is 10.8. The lowest BCUT2D eigenvalue weighted by Crippen LogP contribution is -2.26. The minimum atomic E-state index is -0.746. The fourth-order valence-corrected chi connectivity index (χ4v) is 2.31. The maximum absolute atomic E-state index is 11.0. The van der Waals surface area contributed by atoms with Crippen LogP contribution in [0, 0.1) is 0 Å². The van der Waals surface area contributed by atoms with Crippen LogP contribution in [-0.4, -0.2) is 12.2 Å². The number of primary amides is 1. The van der Waals surface area contributed by atoms with E-state index in [1.165, 1.54) is 0 Å². The molecule has 19 heavy (non-hydrogen) atoms. The molecule has 0 aliphatic carbocycles. The molecule has 1 unspecified atom stereocenters. The molecule has 98 valence electrons. The zero-order chi connectivity index (χ0) is 13.7. The SMILES string of the molecule is CC(OC(N)=O)C(c1ccccc1)c1ccccc1. The molecule has 2 rings (SSSR count). The van der Waals surface area contributed by atoms with E-state index >= 15 is 0 Å². The number of nitrogens with two attached hydrogens (primary N) is 1. The van der Waals surface area contributed by atoms with Gasteiger partial charge in [0.25, 0.3) is 0 Å². The molecule has 0 radical (unpaired) electrons. The Kier molecular flexibility index (Phi) is 4.18. The second kappa shape index (κ2) is 6.05. The predicted molar refractivity (Wildman–Crippen MR) is 74.9 cm³/mol. The van der Waals surface area contributed by atoms with Crippen molar-refractivity contribution in [1.29, 1.82) is 0 Å². The zero-order valence-electron chi connectivity index (χ0n) is 10.8. The van der Waals surface area contributed by atoms with E-state index in [-0.39, 0.29) is 12.0 Å². The van der Waals surface area contributed by atoms with E-state index < -0.39 is 6.09 Å². The number of hydrogen-bond donors (Lipinski definition) is 1. The molecule has 0 aromatic heterocycles. The second-order valence-corrected chi connectivity index (χ2v) is 4.44. The first kappa shape index (κ1) is 13.1. The summed E-state index contributed by atoms with van der Waals surface area (Å²) in [5.74, 6) is -0.0186. The molecule has 0 saturated heterocycles. The van der Waals surface area contributed by atoms with Crippen LogP contribution in [0.3, 0.4) is 0 Å². The lowest BCUT2D eigenvalue weighted by atomic mass is 9.87. The van der Waals surface area contributed by atoms with Gasteiger partial charge in [0.15, 0.2) is 0 Å². The number of benzene rings is 2. The molecule has 0 aliphatic rings. The first-order valence-electron chi connectivity index (χ1n) is 6.24. The van der Waals surface area contributed by atoms with Crippen LogP contribution >= 0.6 is 0 Å². The first-order valence-corrected chi connectivity index (χ1v) is 6.24. The average molecular weight is 255 g/mol. The van der Waals surface area contributed by atoms with E-state index in [9.17, 15) is 4.79 Å². The third-order valence-corrected chi connectivity index (χ3v) is 3.09. The Bertz CT molecular complexity index is 485. The van der Waals surface area contributed by atoms with Gasteiger partial charge in [-0.1, -0.05) is 60.7 Å². The van der Waals surface area contributed by atoms with Gasteiger partial charge in [0.05, 0.1) is 0 Å². The van der Waals surface area contributed by atoms with Gasteiger partial charge < -0.3 is 10.5 Å². The van der Waals surface area contributed by atoms with Crippen LogP contribution in [0.2, 0.25) is 0 Å². The van der Waals surface area contributed by atoms with E-state index in [1.54, 1.807) is 0 Å². The van der Waals surface area contributed by atoms with Crippen molar-refractivity contribution < 1.29 is 9.53 Å². The molecule has 2 aromatic rings. The van der Waals surface area contributed by atoms with Gasteiger partial charge in [-0.05, 0) is 18.1 Å². The summed E-state index contributed by atoms with van der Waals surface area (Å²) in [4.78, 5) is 11.0. The summed E-state index contributed by atoms with van der Waals surface area (Å²) in [5, 5.41) is 0. The molecular weight excluding hydrogens is 238 g/mol. The molecule has 2 aromatic carbocycles. The molecule has 1 atom stereocenters. The van der Waals surface area contributed by atoms with Crippen molar-refractivity contribution in [3.05, 3.63) is 71.8 Å². The summed E-state index contributed by atoms with van der Waals surface area (Å²) in [7, 11) is 0. The van der Waals surface area contributed by atoms with Crippen molar-refractivity contribution in [2.75, 3.05) is 0 Å². The third-order valence-electron chi connectivity index (χ3n) is 3.09. The summed E-state index contributed by atoms with van der Waals surface area (Å²) in [6.07, 6.45) is -1.06. The van der Waals surface area contributed by atoms with Crippen molar-refractivity contribution in [1.82, 2.24) is 0 Å². The van der Waals surface area contributed by atoms with Crippen LogP contribution in [0.1, 0.15) is 24.0 Å². The van der Waals surface area contributed by atoms with Gasteiger partial charge >= 0.3 is 6.09 Å². The van der Waals surface area contributed by atoms with Crippen molar-refractivity contribution in [3.8, 4) is 0 Å². The number of hydrogen-bond acceptors (Lipinski definition) is 2. The number of carbonyl (C=O) groups excluding carboxylic acids is 1. The molecule has 0 aliphatic heterocycles. The van der Waals surface area contributed by atoms with E-state index in [1.807, 2.05) is 67.6 Å². The Labute approximate surface area is 113 Å². The normalized spacial score (nSPS) is 12.1. The number of carbonyl (C=O) groups is 1. The maximum atomic E-state index is 11.0. The molecule has 0 bridgehead atoms. The van der Waals surface area contributed by atoms with Crippen LogP contribution in [0.25, 0.3) is 0 Å². The van der Waals surface area contributed by atoms with E-state index in [0.717, 1.165) is 11.1 Å². The van der Waals surface area contributed by atoms with Crippen LogP contribution in [0.4, 0.5) is 4.79 Å². The van der Waals surface area contributed by atoms with Gasteiger partial charge in [0, 0.05) is 5.92 Å². The minimum Gasteiger partial charge on any atom is -0.446 e. The molecule has 3 nitrogen and oxygen atoms in total. The van der Waals surface area contributed by atoms with Gasteiger partial charge in [-0.15, -0.1) is 0 Å². The van der Waals surface area contributed by atoms with Crippen molar-refractivity contribution in [2.45, 2.75) is 18.9 Å². The molecule has 1 amide bonds. The average Bonchev–Trinajstić information content (AvgIpc) is 2.40. The summed E-state index contributed by atoms with van der Waals surface area (Å²) in [6.45, 7) is 1.86. The van der Waals surface area contributed by atoms with Crippen LogP contribution in [-0.2, 0) is 4.74 Å². The van der Waals surface area contributed by atoms with Gasteiger partial charge in [-0.3, -0.25) is 0 Å². The quantitative estimate of drug-likeness (QED) is 0.911. The monoisotopic (exact) mass is 255 g/mol. The summed E-state index contributed by atoms with van der Waals surface area (Å²) in [6, 6.07) is 19.9. The molecule has 3 heteroatoms. The lowest BCUT2D eigenvalue weighted by molar-refractivity contribution is 0.107. The maximum Gasteiger partial charge on any atom is 0.404 e. The highest BCUT2D eigenvalue weighted by Gasteiger charge is 2.23. The van der Waals surface area contributed by atoms with Gasteiger partial charge in [0.2, 0.25) is 0 Å². The molecule has 0 saturated carbocycles. The minimum absolute atomic E-state index is 0.0186.